The number of nitrogens with zero attached hydrogens (tertiary/aromatic N) is 2. The van der Waals surface area contributed by atoms with Gasteiger partial charge in [0.05, 0.1) is 9.80 Å². The Bertz CT molecular complexity index is 1120. The molecule has 3 rings (SSSR count). The SMILES string of the molecule is O=C(C=Cc1ccc([N+](=O)[O-])cc1)Nc1nc(-c2cccs2)c(C(=O)C(F)(F)F)s1. The second-order valence-electron chi connectivity index (χ2n) is 5.67. The van der Waals surface area contributed by atoms with Gasteiger partial charge in [-0.1, -0.05) is 17.4 Å². The van der Waals surface area contributed by atoms with E-state index in [0.717, 1.165) is 17.4 Å². The summed E-state index contributed by atoms with van der Waals surface area (Å²) in [4.78, 5) is 37.6. The molecule has 2 aromatic heterocycles. The van der Waals surface area contributed by atoms with Crippen molar-refractivity contribution in [1.82, 2.24) is 4.98 Å². The van der Waals surface area contributed by atoms with Crippen molar-refractivity contribution < 1.29 is 27.7 Å². The van der Waals surface area contributed by atoms with Crippen molar-refractivity contribution >= 4 is 51.3 Å². The predicted molar refractivity (Wildman–Crippen MR) is 107 cm³/mol. The Kier molecular flexibility index (Phi) is 6.08. The highest BCUT2D eigenvalue weighted by Crippen LogP contribution is 2.37. The number of benzene rings is 1. The fraction of sp³-hybridized carbons (Fsp3) is 0.0556. The lowest BCUT2D eigenvalue weighted by Gasteiger charge is -2.03. The van der Waals surface area contributed by atoms with Gasteiger partial charge in [-0.05, 0) is 35.2 Å². The van der Waals surface area contributed by atoms with Crippen LogP contribution in [0.3, 0.4) is 0 Å². The van der Waals surface area contributed by atoms with Crippen LogP contribution in [0.4, 0.5) is 24.0 Å². The van der Waals surface area contributed by atoms with Crippen molar-refractivity contribution in [2.24, 2.45) is 0 Å². The molecule has 0 saturated heterocycles. The number of hydrogen-bond donors (Lipinski definition) is 1. The zero-order chi connectivity index (χ0) is 21.9. The van der Waals surface area contributed by atoms with Crippen molar-refractivity contribution in [2.45, 2.75) is 6.18 Å². The number of aromatic nitrogens is 1. The van der Waals surface area contributed by atoms with Crippen LogP contribution in [0.5, 0.6) is 0 Å². The molecule has 3 aromatic rings. The number of non-ortho nitro benzene ring substituents is 1. The molecule has 30 heavy (non-hydrogen) atoms. The molecular weight excluding hydrogens is 443 g/mol. The number of nitrogens with one attached hydrogen (secondary N) is 1. The minimum Gasteiger partial charge on any atom is -0.298 e. The number of nitro benzene ring substituents is 1. The Morgan fingerprint density at radius 2 is 1.87 bits per heavy atom. The van der Waals surface area contributed by atoms with E-state index in [1.54, 1.807) is 11.4 Å². The van der Waals surface area contributed by atoms with Crippen LogP contribution < -0.4 is 5.32 Å². The van der Waals surface area contributed by atoms with Gasteiger partial charge in [0.1, 0.15) is 10.6 Å². The molecule has 154 valence electrons. The van der Waals surface area contributed by atoms with Gasteiger partial charge in [0.25, 0.3) is 11.5 Å². The molecule has 0 aliphatic carbocycles. The fourth-order valence-corrected chi connectivity index (χ4v) is 3.99. The van der Waals surface area contributed by atoms with E-state index in [9.17, 15) is 32.9 Å². The van der Waals surface area contributed by atoms with Crippen LogP contribution >= 0.6 is 22.7 Å². The summed E-state index contributed by atoms with van der Waals surface area (Å²) in [6.07, 6.45) is -2.61. The molecule has 0 saturated carbocycles. The highest BCUT2D eigenvalue weighted by molar-refractivity contribution is 7.19. The number of carbonyl (C=O) groups is 2. The third-order valence-corrected chi connectivity index (χ3v) is 5.45. The third-order valence-electron chi connectivity index (χ3n) is 3.61. The van der Waals surface area contributed by atoms with Crippen molar-refractivity contribution in [3.8, 4) is 10.6 Å². The van der Waals surface area contributed by atoms with Gasteiger partial charge in [-0.15, -0.1) is 11.3 Å². The average molecular weight is 453 g/mol. The molecule has 0 radical (unpaired) electrons. The third kappa shape index (κ3) is 4.96. The van der Waals surface area contributed by atoms with Gasteiger partial charge in [-0.3, -0.25) is 25.0 Å². The van der Waals surface area contributed by atoms with Gasteiger partial charge in [-0.25, -0.2) is 4.98 Å². The Labute approximate surface area is 174 Å². The largest absolute Gasteiger partial charge is 0.455 e. The van der Waals surface area contributed by atoms with Crippen molar-refractivity contribution in [1.29, 1.82) is 0 Å². The number of thiophene rings is 1. The zero-order valence-electron chi connectivity index (χ0n) is 14.7. The number of carbonyl (C=O) groups excluding carboxylic acids is 2. The first-order valence-corrected chi connectivity index (χ1v) is 9.74. The Morgan fingerprint density at radius 1 is 1.17 bits per heavy atom. The van der Waals surface area contributed by atoms with Gasteiger partial charge in [0, 0.05) is 18.2 Å². The van der Waals surface area contributed by atoms with Crippen LogP contribution in [0, 0.1) is 10.1 Å². The summed E-state index contributed by atoms with van der Waals surface area (Å²) < 4.78 is 38.7. The van der Waals surface area contributed by atoms with Crippen molar-refractivity contribution in [3.05, 3.63) is 68.4 Å². The Morgan fingerprint density at radius 3 is 2.43 bits per heavy atom. The molecule has 1 aromatic carbocycles. The number of Topliss-reactive ketones (excluding diaryl/α,β-unsaturated/α-hetero) is 1. The predicted octanol–water partition coefficient (Wildman–Crippen LogP) is 5.18. The maximum absolute atomic E-state index is 12.9. The lowest BCUT2D eigenvalue weighted by molar-refractivity contribution is -0.384. The molecular formula is C18H10F3N3O4S2. The maximum atomic E-state index is 12.9. The highest BCUT2D eigenvalue weighted by atomic mass is 32.1. The van der Waals surface area contributed by atoms with Crippen LogP contribution in [0.15, 0.2) is 47.9 Å². The van der Waals surface area contributed by atoms with E-state index < -0.39 is 27.7 Å². The zero-order valence-corrected chi connectivity index (χ0v) is 16.3. The number of thiazole rings is 1. The molecule has 0 bridgehead atoms. The Hall–Kier alpha value is -3.38. The first kappa shape index (κ1) is 21.3. The molecule has 12 heteroatoms. The second-order valence-corrected chi connectivity index (χ2v) is 7.62. The van der Waals surface area contributed by atoms with E-state index in [0.29, 0.717) is 21.8 Å². The summed E-state index contributed by atoms with van der Waals surface area (Å²) >= 11 is 1.54. The van der Waals surface area contributed by atoms with Gasteiger partial charge >= 0.3 is 6.18 Å². The van der Waals surface area contributed by atoms with E-state index in [-0.39, 0.29) is 16.5 Å². The van der Waals surface area contributed by atoms with Gasteiger partial charge < -0.3 is 0 Å². The lowest BCUT2D eigenvalue weighted by atomic mass is 10.2. The molecule has 0 fully saturated rings. The number of amides is 1. The minimum absolute atomic E-state index is 0.109. The summed E-state index contributed by atoms with van der Waals surface area (Å²) in [5.41, 5.74) is 0.247. The smallest absolute Gasteiger partial charge is 0.298 e. The Balaban J connectivity index is 1.80. The number of anilines is 1. The standard InChI is InChI=1S/C18H10F3N3O4S2/c19-18(20,21)16(26)15-14(12-2-1-9-29-12)23-17(30-15)22-13(25)8-5-10-3-6-11(7-4-10)24(27)28/h1-9H,(H,22,23,25). The van der Waals surface area contributed by atoms with Gasteiger partial charge in [0.15, 0.2) is 5.13 Å². The number of ketones is 1. The molecule has 1 N–H and O–H groups in total. The van der Waals surface area contributed by atoms with E-state index in [1.165, 1.54) is 36.4 Å². The average Bonchev–Trinajstić information content (AvgIpc) is 3.35. The molecule has 1 amide bonds. The monoisotopic (exact) mass is 453 g/mol. The number of nitro groups is 1. The number of alkyl halides is 3. The molecule has 7 nitrogen and oxygen atoms in total. The number of halogens is 3. The normalized spacial score (nSPS) is 11.6. The number of hydrogen-bond acceptors (Lipinski definition) is 7. The van der Waals surface area contributed by atoms with Crippen LogP contribution in [0.1, 0.15) is 15.2 Å². The van der Waals surface area contributed by atoms with Crippen LogP contribution in [0.25, 0.3) is 16.6 Å². The van der Waals surface area contributed by atoms with Crippen molar-refractivity contribution in [2.75, 3.05) is 5.32 Å². The molecule has 0 spiro atoms. The summed E-state index contributed by atoms with van der Waals surface area (Å²) in [6, 6.07) is 8.52. The second kappa shape index (κ2) is 8.55. The fourth-order valence-electron chi connectivity index (χ4n) is 2.26. The summed E-state index contributed by atoms with van der Waals surface area (Å²) in [5, 5.41) is 14.4. The van der Waals surface area contributed by atoms with E-state index in [4.69, 9.17) is 0 Å². The highest BCUT2D eigenvalue weighted by Gasteiger charge is 2.42. The van der Waals surface area contributed by atoms with E-state index in [2.05, 4.69) is 10.3 Å². The molecule has 2 heterocycles. The van der Waals surface area contributed by atoms with Crippen LogP contribution in [0.2, 0.25) is 0 Å². The summed E-state index contributed by atoms with van der Waals surface area (Å²) in [5.74, 6) is -2.73. The van der Waals surface area contributed by atoms with Gasteiger partial charge in [-0.2, -0.15) is 13.2 Å². The summed E-state index contributed by atoms with van der Waals surface area (Å²) in [6.45, 7) is 0. The quantitative estimate of drug-likeness (QED) is 0.240. The van der Waals surface area contributed by atoms with E-state index >= 15 is 0 Å². The molecule has 0 atom stereocenters. The molecule has 0 aliphatic heterocycles. The first-order valence-electron chi connectivity index (χ1n) is 8.05. The minimum atomic E-state index is -5.07. The topological polar surface area (TPSA) is 102 Å². The van der Waals surface area contributed by atoms with E-state index in [1.807, 2.05) is 0 Å². The first-order chi connectivity index (χ1) is 14.1. The molecule has 0 unspecified atom stereocenters. The number of rotatable bonds is 6. The lowest BCUT2D eigenvalue weighted by Crippen LogP contribution is -2.22. The van der Waals surface area contributed by atoms with Crippen LogP contribution in [-0.4, -0.2) is 27.8 Å². The van der Waals surface area contributed by atoms with Crippen LogP contribution in [-0.2, 0) is 4.79 Å². The summed E-state index contributed by atoms with van der Waals surface area (Å²) in [7, 11) is 0. The maximum Gasteiger partial charge on any atom is 0.455 e. The van der Waals surface area contributed by atoms with Gasteiger partial charge in [0.2, 0.25) is 5.91 Å². The molecule has 0 aliphatic rings. The van der Waals surface area contributed by atoms with Crippen molar-refractivity contribution in [3.63, 3.8) is 0 Å².